The summed E-state index contributed by atoms with van der Waals surface area (Å²) in [7, 11) is 0. The van der Waals surface area contributed by atoms with Gasteiger partial charge in [-0.05, 0) is 34.9 Å². The lowest BCUT2D eigenvalue weighted by molar-refractivity contribution is 0.641. The Morgan fingerprint density at radius 3 is 2.54 bits per heavy atom. The molecule has 1 atom stereocenters. The van der Waals surface area contributed by atoms with Gasteiger partial charge in [0.15, 0.2) is 0 Å². The van der Waals surface area contributed by atoms with Crippen molar-refractivity contribution in [3.05, 3.63) is 124 Å². The molecule has 0 aliphatic carbocycles. The summed E-state index contributed by atoms with van der Waals surface area (Å²) < 4.78 is 2.10. The van der Waals surface area contributed by atoms with Crippen LogP contribution >= 0.6 is 0 Å². The lowest BCUT2D eigenvalue weighted by atomic mass is 9.99. The standard InChI is InChI=1S/C23H18N4O/c24-16-18-8-6-17(7-9-18)14-21-25-12-13-27(21)23(19-4-2-1-3-5-19)20-10-11-26-22(28)15-20/h1-13,15,23H,14H2,(H,26,28). The third-order valence-electron chi connectivity index (χ3n) is 4.70. The lowest BCUT2D eigenvalue weighted by Gasteiger charge is -2.22. The van der Waals surface area contributed by atoms with Crippen molar-refractivity contribution in [1.82, 2.24) is 14.5 Å². The van der Waals surface area contributed by atoms with Crippen LogP contribution in [0.3, 0.4) is 0 Å². The van der Waals surface area contributed by atoms with Crippen molar-refractivity contribution in [3.63, 3.8) is 0 Å². The molecule has 2 aromatic carbocycles. The fourth-order valence-corrected chi connectivity index (χ4v) is 3.38. The Balaban J connectivity index is 1.77. The van der Waals surface area contributed by atoms with Crippen LogP contribution in [-0.2, 0) is 6.42 Å². The lowest BCUT2D eigenvalue weighted by Crippen LogP contribution is -2.17. The van der Waals surface area contributed by atoms with Crippen molar-refractivity contribution >= 4 is 0 Å². The molecule has 0 bridgehead atoms. The molecule has 0 aliphatic heterocycles. The molecular weight excluding hydrogens is 348 g/mol. The van der Waals surface area contributed by atoms with E-state index in [1.165, 1.54) is 0 Å². The zero-order valence-electron chi connectivity index (χ0n) is 15.1. The van der Waals surface area contributed by atoms with E-state index in [2.05, 4.69) is 32.7 Å². The normalized spacial score (nSPS) is 11.7. The number of rotatable bonds is 5. The monoisotopic (exact) mass is 366 g/mol. The van der Waals surface area contributed by atoms with Crippen LogP contribution in [0, 0.1) is 11.3 Å². The highest BCUT2D eigenvalue weighted by molar-refractivity contribution is 5.35. The summed E-state index contributed by atoms with van der Waals surface area (Å²) in [4.78, 5) is 19.2. The predicted octanol–water partition coefficient (Wildman–Crippen LogP) is 3.67. The molecule has 0 spiro atoms. The van der Waals surface area contributed by atoms with Crippen LogP contribution in [0.2, 0.25) is 0 Å². The molecular formula is C23H18N4O. The van der Waals surface area contributed by atoms with Crippen LogP contribution in [0.1, 0.15) is 34.1 Å². The maximum absolute atomic E-state index is 11.9. The van der Waals surface area contributed by atoms with Gasteiger partial charge in [0.05, 0.1) is 17.7 Å². The molecule has 4 rings (SSSR count). The van der Waals surface area contributed by atoms with Gasteiger partial charge in [-0.2, -0.15) is 5.26 Å². The van der Waals surface area contributed by atoms with Gasteiger partial charge >= 0.3 is 0 Å². The van der Waals surface area contributed by atoms with E-state index in [1.807, 2.05) is 54.7 Å². The second-order valence-corrected chi connectivity index (χ2v) is 6.54. The molecule has 0 saturated carbocycles. The number of H-pyrrole nitrogens is 1. The average molecular weight is 366 g/mol. The number of hydrogen-bond acceptors (Lipinski definition) is 3. The maximum atomic E-state index is 11.9. The largest absolute Gasteiger partial charge is 0.329 e. The van der Waals surface area contributed by atoms with E-state index in [9.17, 15) is 4.79 Å². The highest BCUT2D eigenvalue weighted by atomic mass is 16.1. The quantitative estimate of drug-likeness (QED) is 0.586. The Kier molecular flexibility index (Phi) is 4.85. The Bertz CT molecular complexity index is 1170. The maximum Gasteiger partial charge on any atom is 0.248 e. The molecule has 0 saturated heterocycles. The molecule has 2 heterocycles. The van der Waals surface area contributed by atoms with Gasteiger partial charge in [-0.15, -0.1) is 0 Å². The van der Waals surface area contributed by atoms with Gasteiger partial charge in [0.1, 0.15) is 5.82 Å². The topological polar surface area (TPSA) is 74.5 Å². The predicted molar refractivity (Wildman–Crippen MR) is 107 cm³/mol. The van der Waals surface area contributed by atoms with E-state index in [0.29, 0.717) is 12.0 Å². The van der Waals surface area contributed by atoms with E-state index < -0.39 is 0 Å². The molecule has 1 unspecified atom stereocenters. The van der Waals surface area contributed by atoms with Crippen molar-refractivity contribution in [1.29, 1.82) is 5.26 Å². The molecule has 0 fully saturated rings. The number of benzene rings is 2. The van der Waals surface area contributed by atoms with Crippen molar-refractivity contribution < 1.29 is 0 Å². The molecule has 5 nitrogen and oxygen atoms in total. The highest BCUT2D eigenvalue weighted by Crippen LogP contribution is 2.27. The molecule has 136 valence electrons. The first kappa shape index (κ1) is 17.5. The molecule has 28 heavy (non-hydrogen) atoms. The van der Waals surface area contributed by atoms with Gasteiger partial charge in [0.25, 0.3) is 0 Å². The van der Waals surface area contributed by atoms with Gasteiger partial charge in [0, 0.05) is 31.1 Å². The summed E-state index contributed by atoms with van der Waals surface area (Å²) in [6.07, 6.45) is 6.02. The van der Waals surface area contributed by atoms with Crippen LogP contribution in [0.5, 0.6) is 0 Å². The first-order chi connectivity index (χ1) is 13.7. The van der Waals surface area contributed by atoms with Crippen molar-refractivity contribution in [3.8, 4) is 6.07 Å². The third kappa shape index (κ3) is 3.62. The minimum absolute atomic E-state index is 0.132. The van der Waals surface area contributed by atoms with E-state index in [1.54, 1.807) is 18.5 Å². The number of nitriles is 1. The highest BCUT2D eigenvalue weighted by Gasteiger charge is 2.19. The van der Waals surface area contributed by atoms with E-state index >= 15 is 0 Å². The Morgan fingerprint density at radius 1 is 1.04 bits per heavy atom. The second-order valence-electron chi connectivity index (χ2n) is 6.54. The molecule has 0 aliphatic rings. The summed E-state index contributed by atoms with van der Waals surface area (Å²) in [5, 5.41) is 8.98. The smallest absolute Gasteiger partial charge is 0.248 e. The van der Waals surface area contributed by atoms with Crippen LogP contribution in [0.4, 0.5) is 0 Å². The number of nitrogens with zero attached hydrogens (tertiary/aromatic N) is 3. The Labute approximate surface area is 162 Å². The minimum Gasteiger partial charge on any atom is -0.329 e. The van der Waals surface area contributed by atoms with Crippen LogP contribution in [-0.4, -0.2) is 14.5 Å². The number of imidazole rings is 1. The van der Waals surface area contributed by atoms with Crippen LogP contribution in [0.25, 0.3) is 0 Å². The minimum atomic E-state index is -0.153. The van der Waals surface area contributed by atoms with Crippen LogP contribution in [0.15, 0.2) is 90.1 Å². The fraction of sp³-hybridized carbons (Fsp3) is 0.0870. The summed E-state index contributed by atoms with van der Waals surface area (Å²) in [5.41, 5.74) is 3.55. The molecule has 2 aromatic heterocycles. The third-order valence-corrected chi connectivity index (χ3v) is 4.70. The van der Waals surface area contributed by atoms with Gasteiger partial charge in [0.2, 0.25) is 5.56 Å². The summed E-state index contributed by atoms with van der Waals surface area (Å²) >= 11 is 0. The number of nitrogens with one attached hydrogen (secondary N) is 1. The van der Waals surface area contributed by atoms with Gasteiger partial charge in [-0.1, -0.05) is 42.5 Å². The van der Waals surface area contributed by atoms with E-state index in [4.69, 9.17) is 5.26 Å². The van der Waals surface area contributed by atoms with Gasteiger partial charge in [-0.3, -0.25) is 4.79 Å². The number of aromatic amines is 1. The molecule has 1 N–H and O–H groups in total. The fourth-order valence-electron chi connectivity index (χ4n) is 3.38. The second kappa shape index (κ2) is 7.77. The average Bonchev–Trinajstić information content (AvgIpc) is 3.17. The number of aromatic nitrogens is 3. The summed E-state index contributed by atoms with van der Waals surface area (Å²) in [6, 6.07) is 23.1. The van der Waals surface area contributed by atoms with Gasteiger partial charge in [-0.25, -0.2) is 4.98 Å². The Morgan fingerprint density at radius 2 is 1.82 bits per heavy atom. The molecule has 4 aromatic rings. The first-order valence-corrected chi connectivity index (χ1v) is 8.99. The van der Waals surface area contributed by atoms with Crippen molar-refractivity contribution in [2.75, 3.05) is 0 Å². The SMILES string of the molecule is N#Cc1ccc(Cc2nccn2C(c2ccccc2)c2cc[nH]c(=O)c2)cc1. The zero-order chi connectivity index (χ0) is 19.3. The van der Waals surface area contributed by atoms with E-state index in [-0.39, 0.29) is 11.6 Å². The summed E-state index contributed by atoms with van der Waals surface area (Å²) in [6.45, 7) is 0. The van der Waals surface area contributed by atoms with Crippen LogP contribution < -0.4 is 5.56 Å². The number of pyridine rings is 1. The Hall–Kier alpha value is -3.91. The number of hydrogen-bond donors (Lipinski definition) is 1. The zero-order valence-corrected chi connectivity index (χ0v) is 15.1. The molecule has 0 amide bonds. The van der Waals surface area contributed by atoms with E-state index in [0.717, 1.165) is 22.5 Å². The first-order valence-electron chi connectivity index (χ1n) is 8.99. The summed E-state index contributed by atoms with van der Waals surface area (Å²) in [5.74, 6) is 0.888. The van der Waals surface area contributed by atoms with Gasteiger partial charge < -0.3 is 9.55 Å². The van der Waals surface area contributed by atoms with Crippen molar-refractivity contribution in [2.45, 2.75) is 12.5 Å². The van der Waals surface area contributed by atoms with Crippen molar-refractivity contribution in [2.24, 2.45) is 0 Å². The molecule has 5 heteroatoms. The molecule has 0 radical (unpaired) electrons.